The summed E-state index contributed by atoms with van der Waals surface area (Å²) in [6.07, 6.45) is 4.04. The molecule has 2 aromatic rings. The fourth-order valence-electron chi connectivity index (χ4n) is 2.67. The monoisotopic (exact) mass is 272 g/mol. The van der Waals surface area contributed by atoms with E-state index in [-0.39, 0.29) is 6.04 Å². The Morgan fingerprint density at radius 2 is 2.05 bits per heavy atom. The highest BCUT2D eigenvalue weighted by Gasteiger charge is 2.22. The molecule has 1 aromatic carbocycles. The van der Waals surface area contributed by atoms with Crippen LogP contribution in [-0.4, -0.2) is 24.7 Å². The molecule has 1 aromatic heterocycles. The summed E-state index contributed by atoms with van der Waals surface area (Å²) < 4.78 is 17.0. The van der Waals surface area contributed by atoms with E-state index in [1.807, 2.05) is 18.2 Å². The molecule has 5 nitrogen and oxygen atoms in total. The Hall–Kier alpha value is -2.01. The van der Waals surface area contributed by atoms with Crippen LogP contribution in [-0.2, 0) is 0 Å². The van der Waals surface area contributed by atoms with Crippen LogP contribution in [0.3, 0.4) is 0 Å². The van der Waals surface area contributed by atoms with Crippen LogP contribution < -0.4 is 14.8 Å². The number of ether oxygens (including phenoxy) is 2. The summed E-state index contributed by atoms with van der Waals surface area (Å²) in [7, 11) is 0. The lowest BCUT2D eigenvalue weighted by atomic mass is 10.1. The summed E-state index contributed by atoms with van der Waals surface area (Å²) in [5.74, 6) is 3.10. The SMILES string of the molecule is c1cc2c(cc1-c1cnc(C3CCCN3)o1)OCCO2. The largest absolute Gasteiger partial charge is 0.486 e. The predicted octanol–water partition coefficient (Wildman–Crippen LogP) is 2.54. The molecule has 4 rings (SSSR count). The van der Waals surface area contributed by atoms with Crippen molar-refractivity contribution in [2.75, 3.05) is 19.8 Å². The van der Waals surface area contributed by atoms with E-state index in [2.05, 4.69) is 10.3 Å². The van der Waals surface area contributed by atoms with Crippen LogP contribution in [0, 0.1) is 0 Å². The van der Waals surface area contributed by atoms with E-state index in [0.29, 0.717) is 13.2 Å². The molecule has 1 saturated heterocycles. The van der Waals surface area contributed by atoms with E-state index in [0.717, 1.165) is 41.7 Å². The van der Waals surface area contributed by atoms with Crippen molar-refractivity contribution in [3.8, 4) is 22.8 Å². The Bertz CT molecular complexity index is 617. The summed E-state index contributed by atoms with van der Waals surface area (Å²) in [6.45, 7) is 2.22. The molecule has 104 valence electrons. The molecule has 20 heavy (non-hydrogen) atoms. The van der Waals surface area contributed by atoms with Crippen LogP contribution in [0.25, 0.3) is 11.3 Å². The fourth-order valence-corrected chi connectivity index (χ4v) is 2.67. The topological polar surface area (TPSA) is 56.5 Å². The molecule has 1 atom stereocenters. The van der Waals surface area contributed by atoms with E-state index in [9.17, 15) is 0 Å². The summed E-state index contributed by atoms with van der Waals surface area (Å²) in [5.41, 5.74) is 0.964. The molecular formula is C15H16N2O3. The van der Waals surface area contributed by atoms with Gasteiger partial charge in [0.25, 0.3) is 0 Å². The maximum absolute atomic E-state index is 5.87. The van der Waals surface area contributed by atoms with Crippen molar-refractivity contribution >= 4 is 0 Å². The van der Waals surface area contributed by atoms with Gasteiger partial charge < -0.3 is 19.2 Å². The number of fused-ring (bicyclic) bond motifs is 1. The minimum Gasteiger partial charge on any atom is -0.486 e. The Morgan fingerprint density at radius 3 is 2.90 bits per heavy atom. The van der Waals surface area contributed by atoms with Gasteiger partial charge in [0.2, 0.25) is 5.89 Å². The van der Waals surface area contributed by atoms with Crippen molar-refractivity contribution in [3.63, 3.8) is 0 Å². The minimum atomic E-state index is 0.251. The summed E-state index contributed by atoms with van der Waals surface area (Å²) >= 11 is 0. The second-order valence-electron chi connectivity index (χ2n) is 5.07. The first-order valence-electron chi connectivity index (χ1n) is 6.99. The van der Waals surface area contributed by atoms with Crippen molar-refractivity contribution in [2.45, 2.75) is 18.9 Å². The summed E-state index contributed by atoms with van der Waals surface area (Å²) in [5, 5.41) is 3.39. The van der Waals surface area contributed by atoms with Crippen molar-refractivity contribution in [2.24, 2.45) is 0 Å². The average Bonchev–Trinajstić information content (AvgIpc) is 3.17. The van der Waals surface area contributed by atoms with Gasteiger partial charge in [-0.1, -0.05) is 0 Å². The lowest BCUT2D eigenvalue weighted by Crippen LogP contribution is -2.15. The summed E-state index contributed by atoms with van der Waals surface area (Å²) in [4.78, 5) is 4.39. The second kappa shape index (κ2) is 4.83. The fraction of sp³-hybridized carbons (Fsp3) is 0.400. The van der Waals surface area contributed by atoms with Crippen molar-refractivity contribution < 1.29 is 13.9 Å². The van der Waals surface area contributed by atoms with Crippen LogP contribution in [0.5, 0.6) is 11.5 Å². The third kappa shape index (κ3) is 2.04. The zero-order valence-corrected chi connectivity index (χ0v) is 11.1. The number of aromatic nitrogens is 1. The Labute approximate surface area is 116 Å². The van der Waals surface area contributed by atoms with Gasteiger partial charge in [-0.25, -0.2) is 4.98 Å². The van der Waals surface area contributed by atoms with Crippen LogP contribution >= 0.6 is 0 Å². The highest BCUT2D eigenvalue weighted by molar-refractivity contribution is 5.62. The molecular weight excluding hydrogens is 256 g/mol. The predicted molar refractivity (Wildman–Crippen MR) is 72.9 cm³/mol. The molecule has 3 heterocycles. The number of nitrogens with one attached hydrogen (secondary N) is 1. The highest BCUT2D eigenvalue weighted by atomic mass is 16.6. The maximum atomic E-state index is 5.87. The molecule has 1 fully saturated rings. The molecule has 1 N–H and O–H groups in total. The van der Waals surface area contributed by atoms with E-state index in [4.69, 9.17) is 13.9 Å². The zero-order valence-electron chi connectivity index (χ0n) is 11.1. The van der Waals surface area contributed by atoms with E-state index < -0.39 is 0 Å². The van der Waals surface area contributed by atoms with Crippen molar-refractivity contribution in [1.29, 1.82) is 0 Å². The number of nitrogens with zero attached hydrogens (tertiary/aromatic N) is 1. The zero-order chi connectivity index (χ0) is 13.4. The minimum absolute atomic E-state index is 0.251. The number of oxazole rings is 1. The van der Waals surface area contributed by atoms with Crippen LogP contribution in [0.15, 0.2) is 28.8 Å². The van der Waals surface area contributed by atoms with Gasteiger partial charge in [-0.15, -0.1) is 0 Å². The number of benzene rings is 1. The average molecular weight is 272 g/mol. The molecule has 5 heteroatoms. The number of rotatable bonds is 2. The normalized spacial score (nSPS) is 21.1. The smallest absolute Gasteiger partial charge is 0.212 e. The molecule has 2 aliphatic heterocycles. The molecule has 0 spiro atoms. The van der Waals surface area contributed by atoms with Crippen LogP contribution in [0.2, 0.25) is 0 Å². The van der Waals surface area contributed by atoms with Gasteiger partial charge in [-0.2, -0.15) is 0 Å². The molecule has 0 radical (unpaired) electrons. The van der Waals surface area contributed by atoms with Crippen molar-refractivity contribution in [1.82, 2.24) is 10.3 Å². The van der Waals surface area contributed by atoms with E-state index >= 15 is 0 Å². The van der Waals surface area contributed by atoms with Gasteiger partial charge >= 0.3 is 0 Å². The van der Waals surface area contributed by atoms with E-state index in [1.54, 1.807) is 6.20 Å². The Morgan fingerprint density at radius 1 is 1.15 bits per heavy atom. The van der Waals surface area contributed by atoms with Gasteiger partial charge in [-0.05, 0) is 37.6 Å². The third-order valence-corrected chi connectivity index (χ3v) is 3.71. The molecule has 0 bridgehead atoms. The number of hydrogen-bond acceptors (Lipinski definition) is 5. The van der Waals surface area contributed by atoms with Crippen molar-refractivity contribution in [3.05, 3.63) is 30.3 Å². The van der Waals surface area contributed by atoms with Gasteiger partial charge in [0.15, 0.2) is 17.3 Å². The molecule has 0 amide bonds. The van der Waals surface area contributed by atoms with Crippen LogP contribution in [0.1, 0.15) is 24.8 Å². The first-order valence-corrected chi connectivity index (χ1v) is 6.99. The maximum Gasteiger partial charge on any atom is 0.212 e. The van der Waals surface area contributed by atoms with Gasteiger partial charge in [0.05, 0.1) is 12.2 Å². The highest BCUT2D eigenvalue weighted by Crippen LogP contribution is 2.35. The lowest BCUT2D eigenvalue weighted by molar-refractivity contribution is 0.171. The lowest BCUT2D eigenvalue weighted by Gasteiger charge is -2.18. The Balaban J connectivity index is 1.63. The molecule has 0 aliphatic carbocycles. The first-order chi connectivity index (χ1) is 9.90. The Kier molecular flexibility index (Phi) is 2.85. The first kappa shape index (κ1) is 11.8. The van der Waals surface area contributed by atoms with Gasteiger partial charge in [0, 0.05) is 5.56 Å². The number of hydrogen-bond donors (Lipinski definition) is 1. The molecule has 0 saturated carbocycles. The quantitative estimate of drug-likeness (QED) is 0.910. The standard InChI is InChI=1S/C15H16N2O3/c1-2-11(16-5-1)15-17-9-14(20-15)10-3-4-12-13(8-10)19-7-6-18-12/h3-4,8-9,11,16H,1-2,5-7H2. The molecule has 1 unspecified atom stereocenters. The second-order valence-corrected chi connectivity index (χ2v) is 5.07. The van der Waals surface area contributed by atoms with Gasteiger partial charge in [0.1, 0.15) is 13.2 Å². The summed E-state index contributed by atoms with van der Waals surface area (Å²) in [6, 6.07) is 6.08. The van der Waals surface area contributed by atoms with Crippen LogP contribution in [0.4, 0.5) is 0 Å². The van der Waals surface area contributed by atoms with E-state index in [1.165, 1.54) is 6.42 Å². The third-order valence-electron chi connectivity index (χ3n) is 3.71. The molecule has 2 aliphatic rings. The van der Waals surface area contributed by atoms with Gasteiger partial charge in [-0.3, -0.25) is 0 Å².